The van der Waals surface area contributed by atoms with E-state index in [0.717, 1.165) is 6.54 Å². The average Bonchev–Trinajstić information content (AvgIpc) is 2.76. The number of nitrogens with zero attached hydrogens (tertiary/aromatic N) is 3. The average molecular weight is 444 g/mol. The predicted octanol–water partition coefficient (Wildman–Crippen LogP) is 2.60. The molecule has 0 aromatic heterocycles. The number of nitro groups is 1. The molecule has 0 saturated heterocycles. The highest BCUT2D eigenvalue weighted by Gasteiger charge is 2.16. The minimum atomic E-state index is -0.602. The minimum absolute atomic E-state index is 0.0293. The molecule has 172 valence electrons. The number of rotatable bonds is 10. The quantitative estimate of drug-likeness (QED) is 0.442. The highest BCUT2D eigenvalue weighted by Crippen LogP contribution is 2.25. The fourth-order valence-corrected chi connectivity index (χ4v) is 2.83. The third-order valence-electron chi connectivity index (χ3n) is 4.67. The molecule has 2 rings (SSSR count). The van der Waals surface area contributed by atoms with Gasteiger partial charge in [0.15, 0.2) is 0 Å². The summed E-state index contributed by atoms with van der Waals surface area (Å²) in [4.78, 5) is 38.3. The number of nitrogens with one attached hydrogen (secondary N) is 1. The zero-order chi connectivity index (χ0) is 23.7. The van der Waals surface area contributed by atoms with Gasteiger partial charge < -0.3 is 19.7 Å². The van der Waals surface area contributed by atoms with Crippen molar-refractivity contribution >= 4 is 23.4 Å². The molecule has 32 heavy (non-hydrogen) atoms. The second-order valence-corrected chi connectivity index (χ2v) is 7.36. The van der Waals surface area contributed by atoms with E-state index >= 15 is 0 Å². The summed E-state index contributed by atoms with van der Waals surface area (Å²) in [6.07, 6.45) is -0.495. The molecule has 10 heteroatoms. The Hall–Kier alpha value is -3.66. The SMILES string of the molecule is COc1ccc(N(C)C(=O)OCc2ccc([N+](=O)[O-])cc2)cc1CC(=O)NCCN(C)C. The van der Waals surface area contributed by atoms with Crippen LogP contribution < -0.4 is 15.0 Å². The Morgan fingerprint density at radius 3 is 2.38 bits per heavy atom. The fraction of sp³-hybridized carbons (Fsp3) is 0.364. The maximum atomic E-state index is 12.5. The Kier molecular flexibility index (Phi) is 8.96. The molecule has 0 fully saturated rings. The number of hydrogen-bond donors (Lipinski definition) is 1. The molecule has 0 aliphatic carbocycles. The number of amides is 2. The van der Waals surface area contributed by atoms with Crippen LogP contribution in [-0.4, -0.2) is 63.2 Å². The van der Waals surface area contributed by atoms with Crippen LogP contribution in [0.3, 0.4) is 0 Å². The first-order valence-corrected chi connectivity index (χ1v) is 9.93. The Morgan fingerprint density at radius 2 is 1.78 bits per heavy atom. The summed E-state index contributed by atoms with van der Waals surface area (Å²) in [7, 11) is 6.93. The van der Waals surface area contributed by atoms with Crippen LogP contribution in [0.4, 0.5) is 16.2 Å². The van der Waals surface area contributed by atoms with Gasteiger partial charge in [-0.1, -0.05) is 0 Å². The van der Waals surface area contributed by atoms with Crippen molar-refractivity contribution in [2.24, 2.45) is 0 Å². The highest BCUT2D eigenvalue weighted by atomic mass is 16.6. The Bertz CT molecular complexity index is 946. The van der Waals surface area contributed by atoms with E-state index in [1.54, 1.807) is 25.2 Å². The molecule has 0 spiro atoms. The first-order valence-electron chi connectivity index (χ1n) is 9.93. The molecule has 1 N–H and O–H groups in total. The third kappa shape index (κ3) is 7.24. The zero-order valence-corrected chi connectivity index (χ0v) is 18.7. The summed E-state index contributed by atoms with van der Waals surface area (Å²) in [5.41, 5.74) is 1.77. The van der Waals surface area contributed by atoms with Gasteiger partial charge in [-0.15, -0.1) is 0 Å². The van der Waals surface area contributed by atoms with Crippen LogP contribution in [-0.2, 0) is 22.6 Å². The smallest absolute Gasteiger partial charge is 0.414 e. The monoisotopic (exact) mass is 444 g/mol. The molecule has 0 radical (unpaired) electrons. The van der Waals surface area contributed by atoms with Crippen molar-refractivity contribution in [1.29, 1.82) is 0 Å². The molecule has 10 nitrogen and oxygen atoms in total. The first kappa shape index (κ1) is 24.6. The lowest BCUT2D eigenvalue weighted by molar-refractivity contribution is -0.384. The van der Waals surface area contributed by atoms with E-state index in [1.165, 1.54) is 36.3 Å². The second-order valence-electron chi connectivity index (χ2n) is 7.36. The molecule has 2 amide bonds. The van der Waals surface area contributed by atoms with E-state index in [9.17, 15) is 19.7 Å². The van der Waals surface area contributed by atoms with Crippen molar-refractivity contribution in [3.8, 4) is 5.75 Å². The summed E-state index contributed by atoms with van der Waals surface area (Å²) in [5, 5.41) is 13.6. The fourth-order valence-electron chi connectivity index (χ4n) is 2.83. The van der Waals surface area contributed by atoms with Crippen LogP contribution in [0.1, 0.15) is 11.1 Å². The molecule has 0 heterocycles. The predicted molar refractivity (Wildman–Crippen MR) is 120 cm³/mol. The number of anilines is 1. The van der Waals surface area contributed by atoms with E-state index < -0.39 is 11.0 Å². The molecule has 2 aromatic rings. The summed E-state index contributed by atoms with van der Waals surface area (Å²) in [6.45, 7) is 1.23. The molecule has 0 bridgehead atoms. The van der Waals surface area contributed by atoms with Crippen molar-refractivity contribution in [2.75, 3.05) is 46.2 Å². The lowest BCUT2D eigenvalue weighted by Gasteiger charge is -2.19. The van der Waals surface area contributed by atoms with Gasteiger partial charge in [0, 0.05) is 43.5 Å². The number of carbonyl (C=O) groups is 2. The van der Waals surface area contributed by atoms with Crippen LogP contribution in [0, 0.1) is 10.1 Å². The van der Waals surface area contributed by atoms with Gasteiger partial charge in [-0.25, -0.2) is 4.79 Å². The van der Waals surface area contributed by atoms with Gasteiger partial charge in [0.2, 0.25) is 5.91 Å². The Morgan fingerprint density at radius 1 is 1.09 bits per heavy atom. The normalized spacial score (nSPS) is 10.5. The standard InChI is InChI=1S/C22H28N4O6/c1-24(2)12-11-23-21(27)14-17-13-19(9-10-20(17)31-4)25(3)22(28)32-15-16-5-7-18(8-6-16)26(29)30/h5-10,13H,11-12,14-15H2,1-4H3,(H,23,27). The molecule has 0 unspecified atom stereocenters. The molecule has 0 aliphatic heterocycles. The van der Waals surface area contributed by atoms with Crippen molar-refractivity contribution in [3.63, 3.8) is 0 Å². The molecular formula is C22H28N4O6. The van der Waals surface area contributed by atoms with E-state index in [2.05, 4.69) is 5.32 Å². The molecule has 2 aromatic carbocycles. The van der Waals surface area contributed by atoms with Crippen LogP contribution in [0.15, 0.2) is 42.5 Å². The van der Waals surface area contributed by atoms with Gasteiger partial charge in [-0.2, -0.15) is 0 Å². The Labute approximate surface area is 186 Å². The van der Waals surface area contributed by atoms with Gasteiger partial charge in [0.25, 0.3) is 5.69 Å². The van der Waals surface area contributed by atoms with E-state index in [1.807, 2.05) is 19.0 Å². The van der Waals surface area contributed by atoms with Gasteiger partial charge >= 0.3 is 6.09 Å². The van der Waals surface area contributed by atoms with Crippen molar-refractivity contribution in [3.05, 3.63) is 63.7 Å². The maximum Gasteiger partial charge on any atom is 0.414 e. The van der Waals surface area contributed by atoms with E-state index in [0.29, 0.717) is 29.1 Å². The highest BCUT2D eigenvalue weighted by molar-refractivity contribution is 5.88. The Balaban J connectivity index is 2.01. The summed E-state index contributed by atoms with van der Waals surface area (Å²) in [6, 6.07) is 10.9. The topological polar surface area (TPSA) is 114 Å². The van der Waals surface area contributed by atoms with Crippen molar-refractivity contribution in [2.45, 2.75) is 13.0 Å². The molecule has 0 saturated carbocycles. The zero-order valence-electron chi connectivity index (χ0n) is 18.7. The minimum Gasteiger partial charge on any atom is -0.496 e. The van der Waals surface area contributed by atoms with Gasteiger partial charge in [-0.3, -0.25) is 19.8 Å². The summed E-state index contributed by atoms with van der Waals surface area (Å²) in [5.74, 6) is 0.398. The van der Waals surface area contributed by atoms with Gasteiger partial charge in [0.1, 0.15) is 12.4 Å². The number of methoxy groups -OCH3 is 1. The number of hydrogen-bond acceptors (Lipinski definition) is 7. The van der Waals surface area contributed by atoms with Crippen LogP contribution in [0.25, 0.3) is 0 Å². The van der Waals surface area contributed by atoms with Gasteiger partial charge in [-0.05, 0) is 50.0 Å². The van der Waals surface area contributed by atoms with Crippen LogP contribution in [0.2, 0.25) is 0 Å². The molecular weight excluding hydrogens is 416 g/mol. The number of likely N-dealkylation sites (N-methyl/N-ethyl adjacent to an activating group) is 1. The lowest BCUT2D eigenvalue weighted by Crippen LogP contribution is -2.32. The number of carbonyl (C=O) groups excluding carboxylic acids is 2. The third-order valence-corrected chi connectivity index (χ3v) is 4.67. The van der Waals surface area contributed by atoms with Crippen molar-refractivity contribution in [1.82, 2.24) is 10.2 Å². The first-order chi connectivity index (χ1) is 15.2. The molecule has 0 aliphatic rings. The van der Waals surface area contributed by atoms with Crippen LogP contribution >= 0.6 is 0 Å². The van der Waals surface area contributed by atoms with E-state index in [4.69, 9.17) is 9.47 Å². The largest absolute Gasteiger partial charge is 0.496 e. The lowest BCUT2D eigenvalue weighted by atomic mass is 10.1. The van der Waals surface area contributed by atoms with Crippen LogP contribution in [0.5, 0.6) is 5.75 Å². The summed E-state index contributed by atoms with van der Waals surface area (Å²) >= 11 is 0. The number of ether oxygens (including phenoxy) is 2. The second kappa shape index (κ2) is 11.7. The maximum absolute atomic E-state index is 12.5. The van der Waals surface area contributed by atoms with E-state index in [-0.39, 0.29) is 24.6 Å². The van der Waals surface area contributed by atoms with Crippen molar-refractivity contribution < 1.29 is 24.0 Å². The van der Waals surface area contributed by atoms with Gasteiger partial charge in [0.05, 0.1) is 18.5 Å². The molecule has 0 atom stereocenters. The number of benzene rings is 2. The summed E-state index contributed by atoms with van der Waals surface area (Å²) < 4.78 is 10.6. The number of nitro benzene ring substituents is 1. The number of non-ortho nitro benzene ring substituents is 1.